The lowest BCUT2D eigenvalue weighted by molar-refractivity contribution is -0.384. The second-order valence-corrected chi connectivity index (χ2v) is 7.62. The number of non-ortho nitro benzene ring substituents is 1. The van der Waals surface area contributed by atoms with Crippen LogP contribution in [0.2, 0.25) is 0 Å². The highest BCUT2D eigenvalue weighted by Gasteiger charge is 2.45. The molecule has 9 heteroatoms. The fourth-order valence-corrected chi connectivity index (χ4v) is 3.55. The largest absolute Gasteiger partial charge is 0.507 e. The smallest absolute Gasteiger partial charge is 0.295 e. The van der Waals surface area contributed by atoms with Crippen molar-refractivity contribution in [2.75, 3.05) is 13.2 Å². The van der Waals surface area contributed by atoms with E-state index in [1.165, 1.54) is 53.4 Å². The van der Waals surface area contributed by atoms with Gasteiger partial charge in [-0.3, -0.25) is 19.7 Å². The van der Waals surface area contributed by atoms with Crippen LogP contribution in [0.4, 0.5) is 10.1 Å². The van der Waals surface area contributed by atoms with E-state index in [0.717, 1.165) is 0 Å². The molecule has 2 aromatic rings. The Kier molecular flexibility index (Phi) is 6.99. The van der Waals surface area contributed by atoms with E-state index in [4.69, 9.17) is 4.74 Å². The molecule has 1 amide bonds. The van der Waals surface area contributed by atoms with E-state index >= 15 is 0 Å². The van der Waals surface area contributed by atoms with Crippen molar-refractivity contribution < 1.29 is 28.7 Å². The van der Waals surface area contributed by atoms with Gasteiger partial charge in [0.05, 0.1) is 22.6 Å². The molecule has 0 radical (unpaired) electrons. The Balaban J connectivity index is 2.02. The molecule has 32 heavy (non-hydrogen) atoms. The van der Waals surface area contributed by atoms with Crippen LogP contribution < -0.4 is 0 Å². The normalized spacial score (nSPS) is 17.9. The maximum atomic E-state index is 13.5. The minimum Gasteiger partial charge on any atom is -0.507 e. The molecule has 1 fully saturated rings. The van der Waals surface area contributed by atoms with Gasteiger partial charge in [-0.1, -0.05) is 12.1 Å². The Hall–Kier alpha value is -3.59. The monoisotopic (exact) mass is 442 g/mol. The van der Waals surface area contributed by atoms with Crippen molar-refractivity contribution >= 4 is 23.1 Å². The lowest BCUT2D eigenvalue weighted by Crippen LogP contribution is -2.31. The van der Waals surface area contributed by atoms with Gasteiger partial charge in [-0.05, 0) is 50.1 Å². The number of amides is 1. The van der Waals surface area contributed by atoms with Crippen LogP contribution in [0.5, 0.6) is 0 Å². The standard InChI is InChI=1S/C23H23FN2O6/c1-14(2)32-13-3-12-25-20(15-4-8-17(24)9-5-15)19(22(28)23(25)29)21(27)16-6-10-18(11-7-16)26(30)31/h4-11,14,20,27H,3,12-13H2,1-2H3/t20-/m1/s1. The molecule has 0 spiro atoms. The minimum absolute atomic E-state index is 0.0143. The van der Waals surface area contributed by atoms with Gasteiger partial charge >= 0.3 is 0 Å². The highest BCUT2D eigenvalue weighted by molar-refractivity contribution is 6.46. The predicted molar refractivity (Wildman–Crippen MR) is 114 cm³/mol. The zero-order chi connectivity index (χ0) is 23.4. The average molecular weight is 442 g/mol. The van der Waals surface area contributed by atoms with Gasteiger partial charge in [0.15, 0.2) is 0 Å². The van der Waals surface area contributed by atoms with Crippen LogP contribution >= 0.6 is 0 Å². The molecule has 168 valence electrons. The number of carbonyl (C=O) groups is 2. The van der Waals surface area contributed by atoms with Gasteiger partial charge in [-0.25, -0.2) is 4.39 Å². The number of nitro groups is 1. The van der Waals surface area contributed by atoms with E-state index in [1.54, 1.807) is 0 Å². The molecule has 0 bridgehead atoms. The van der Waals surface area contributed by atoms with E-state index < -0.39 is 34.2 Å². The number of halogens is 1. The molecule has 3 rings (SSSR count). The van der Waals surface area contributed by atoms with E-state index in [1.807, 2.05) is 13.8 Å². The first-order valence-corrected chi connectivity index (χ1v) is 10.1. The summed E-state index contributed by atoms with van der Waals surface area (Å²) in [5.74, 6) is -2.59. The number of nitro benzene ring substituents is 1. The zero-order valence-electron chi connectivity index (χ0n) is 17.7. The summed E-state index contributed by atoms with van der Waals surface area (Å²) >= 11 is 0. The number of aliphatic hydroxyl groups excluding tert-OH is 1. The van der Waals surface area contributed by atoms with Crippen molar-refractivity contribution in [1.82, 2.24) is 4.90 Å². The summed E-state index contributed by atoms with van der Waals surface area (Å²) in [4.78, 5) is 37.3. The number of ether oxygens (including phenoxy) is 1. The van der Waals surface area contributed by atoms with Gasteiger partial charge in [0.1, 0.15) is 11.6 Å². The molecule has 1 aliphatic rings. The van der Waals surface area contributed by atoms with Crippen LogP contribution in [0.1, 0.15) is 37.4 Å². The molecule has 1 N–H and O–H groups in total. The molecule has 1 heterocycles. The van der Waals surface area contributed by atoms with Crippen LogP contribution in [-0.4, -0.2) is 45.9 Å². The fourth-order valence-electron chi connectivity index (χ4n) is 3.55. The quantitative estimate of drug-likeness (QED) is 0.165. The molecule has 1 atom stereocenters. The Morgan fingerprint density at radius 1 is 1.16 bits per heavy atom. The third kappa shape index (κ3) is 4.83. The van der Waals surface area contributed by atoms with E-state index in [0.29, 0.717) is 18.6 Å². The summed E-state index contributed by atoms with van der Waals surface area (Å²) < 4.78 is 19.0. The second-order valence-electron chi connectivity index (χ2n) is 7.62. The third-order valence-electron chi connectivity index (χ3n) is 5.07. The summed E-state index contributed by atoms with van der Waals surface area (Å²) in [6.07, 6.45) is 0.473. The van der Waals surface area contributed by atoms with E-state index in [-0.39, 0.29) is 29.5 Å². The minimum atomic E-state index is -0.926. The summed E-state index contributed by atoms with van der Waals surface area (Å²) in [5.41, 5.74) is 0.283. The Morgan fingerprint density at radius 3 is 2.34 bits per heavy atom. The zero-order valence-corrected chi connectivity index (χ0v) is 17.7. The van der Waals surface area contributed by atoms with E-state index in [9.17, 15) is 29.2 Å². The molecule has 8 nitrogen and oxygen atoms in total. The Bertz CT molecular complexity index is 1050. The Labute approximate surface area is 184 Å². The molecule has 0 aromatic heterocycles. The first kappa shape index (κ1) is 23.1. The van der Waals surface area contributed by atoms with Gasteiger partial charge in [0.25, 0.3) is 17.4 Å². The second kappa shape index (κ2) is 9.69. The summed E-state index contributed by atoms with van der Waals surface area (Å²) in [6, 6.07) is 9.40. The number of benzene rings is 2. The molecular weight excluding hydrogens is 419 g/mol. The van der Waals surface area contributed by atoms with Gasteiger partial charge in [0, 0.05) is 30.8 Å². The van der Waals surface area contributed by atoms with Crippen LogP contribution in [0.3, 0.4) is 0 Å². The van der Waals surface area contributed by atoms with Crippen molar-refractivity contribution in [2.24, 2.45) is 0 Å². The highest BCUT2D eigenvalue weighted by atomic mass is 19.1. The van der Waals surface area contributed by atoms with Crippen LogP contribution in [0.25, 0.3) is 5.76 Å². The molecule has 1 aliphatic heterocycles. The topological polar surface area (TPSA) is 110 Å². The lowest BCUT2D eigenvalue weighted by atomic mass is 9.95. The average Bonchev–Trinajstić information content (AvgIpc) is 3.01. The number of carbonyl (C=O) groups excluding carboxylic acids is 2. The molecule has 2 aromatic carbocycles. The van der Waals surface area contributed by atoms with Crippen molar-refractivity contribution in [3.8, 4) is 0 Å². The van der Waals surface area contributed by atoms with E-state index in [2.05, 4.69) is 0 Å². The molecular formula is C23H23FN2O6. The summed E-state index contributed by atoms with van der Waals surface area (Å²) in [6.45, 7) is 4.33. The fraction of sp³-hybridized carbons (Fsp3) is 0.304. The van der Waals surface area contributed by atoms with Crippen molar-refractivity contribution in [2.45, 2.75) is 32.4 Å². The van der Waals surface area contributed by atoms with Crippen LogP contribution in [0.15, 0.2) is 54.1 Å². The number of nitrogens with zero attached hydrogens (tertiary/aromatic N) is 2. The third-order valence-corrected chi connectivity index (χ3v) is 5.07. The van der Waals surface area contributed by atoms with Crippen LogP contribution in [-0.2, 0) is 14.3 Å². The van der Waals surface area contributed by atoms with Gasteiger partial charge in [0.2, 0.25) is 0 Å². The number of hydrogen-bond donors (Lipinski definition) is 1. The van der Waals surface area contributed by atoms with Gasteiger partial charge in [-0.15, -0.1) is 0 Å². The molecule has 0 unspecified atom stereocenters. The highest BCUT2D eigenvalue weighted by Crippen LogP contribution is 2.39. The number of likely N-dealkylation sites (tertiary alicyclic amines) is 1. The predicted octanol–water partition coefficient (Wildman–Crippen LogP) is 3.97. The maximum absolute atomic E-state index is 13.5. The number of ketones is 1. The molecule has 0 aliphatic carbocycles. The SMILES string of the molecule is CC(C)OCCCN1C(=O)C(=O)C(=C(O)c2ccc([N+](=O)[O-])cc2)[C@H]1c1ccc(F)cc1. The maximum Gasteiger partial charge on any atom is 0.295 e. The van der Waals surface area contributed by atoms with Crippen molar-refractivity contribution in [1.29, 1.82) is 0 Å². The molecule has 1 saturated heterocycles. The number of Topliss-reactive ketones (excluding diaryl/α,β-unsaturated/α-hetero) is 1. The number of hydrogen-bond acceptors (Lipinski definition) is 6. The Morgan fingerprint density at radius 2 is 1.78 bits per heavy atom. The first-order chi connectivity index (χ1) is 15.2. The number of rotatable bonds is 8. The summed E-state index contributed by atoms with van der Waals surface area (Å²) in [7, 11) is 0. The first-order valence-electron chi connectivity index (χ1n) is 10.1. The lowest BCUT2D eigenvalue weighted by Gasteiger charge is -2.25. The van der Waals surface area contributed by atoms with Crippen molar-refractivity contribution in [3.63, 3.8) is 0 Å². The number of aliphatic hydroxyl groups is 1. The van der Waals surface area contributed by atoms with Gasteiger partial charge < -0.3 is 14.7 Å². The summed E-state index contributed by atoms with van der Waals surface area (Å²) in [5, 5.41) is 21.8. The van der Waals surface area contributed by atoms with Crippen LogP contribution in [0, 0.1) is 15.9 Å². The molecule has 0 saturated carbocycles. The van der Waals surface area contributed by atoms with Crippen molar-refractivity contribution in [3.05, 3.63) is 81.2 Å². The van der Waals surface area contributed by atoms with Gasteiger partial charge in [-0.2, -0.15) is 0 Å².